The summed E-state index contributed by atoms with van der Waals surface area (Å²) >= 11 is 0. The predicted octanol–water partition coefficient (Wildman–Crippen LogP) is 1.91. The van der Waals surface area contributed by atoms with Crippen LogP contribution in [0.4, 0.5) is 5.95 Å². The Hall–Kier alpha value is -1.16. The Morgan fingerprint density at radius 1 is 1.15 bits per heavy atom. The van der Waals surface area contributed by atoms with E-state index in [0.717, 1.165) is 70.7 Å². The van der Waals surface area contributed by atoms with Gasteiger partial charge >= 0.3 is 0 Å². The minimum atomic E-state index is 0. The number of nitrogens with one attached hydrogen (secondary N) is 1. The Balaban J connectivity index is 0.00000261. The number of likely N-dealkylation sites (tertiary alicyclic amines) is 1. The minimum absolute atomic E-state index is 0. The van der Waals surface area contributed by atoms with Crippen LogP contribution in [-0.4, -0.2) is 85.1 Å². The van der Waals surface area contributed by atoms with Gasteiger partial charge in [-0.1, -0.05) is 13.8 Å². The van der Waals surface area contributed by atoms with Gasteiger partial charge in [0.1, 0.15) is 0 Å². The van der Waals surface area contributed by atoms with Crippen molar-refractivity contribution >= 4 is 35.9 Å². The monoisotopic (exact) mass is 487 g/mol. The molecule has 2 saturated heterocycles. The maximum absolute atomic E-state index is 4.46. The fourth-order valence-electron chi connectivity index (χ4n) is 3.75. The second-order valence-corrected chi connectivity index (χ2v) is 8.04. The number of halogens is 1. The SMILES string of the molecule is CN=C(NCCCN1CCN(c2ncccn2)CC1)N1CCC(C)(C)C1.I. The van der Waals surface area contributed by atoms with E-state index in [1.807, 2.05) is 25.5 Å². The molecule has 0 unspecified atom stereocenters. The first-order valence-corrected chi connectivity index (χ1v) is 9.77. The van der Waals surface area contributed by atoms with Crippen molar-refractivity contribution in [3.05, 3.63) is 18.5 Å². The molecule has 1 aromatic rings. The molecule has 8 heteroatoms. The average Bonchev–Trinajstić information content (AvgIpc) is 3.02. The molecule has 0 bridgehead atoms. The lowest BCUT2D eigenvalue weighted by Crippen LogP contribution is -2.48. The highest BCUT2D eigenvalue weighted by molar-refractivity contribution is 14.0. The van der Waals surface area contributed by atoms with Gasteiger partial charge in [0, 0.05) is 65.3 Å². The van der Waals surface area contributed by atoms with Crippen molar-refractivity contribution in [2.75, 3.05) is 64.3 Å². The highest BCUT2D eigenvalue weighted by Gasteiger charge is 2.30. The topological polar surface area (TPSA) is 59.9 Å². The van der Waals surface area contributed by atoms with Crippen molar-refractivity contribution in [1.29, 1.82) is 0 Å². The number of nitrogens with zero attached hydrogens (tertiary/aromatic N) is 6. The molecule has 1 aromatic heterocycles. The molecule has 0 amide bonds. The van der Waals surface area contributed by atoms with Crippen LogP contribution in [0.5, 0.6) is 0 Å². The Morgan fingerprint density at radius 2 is 1.85 bits per heavy atom. The lowest BCUT2D eigenvalue weighted by atomic mass is 9.93. The zero-order valence-corrected chi connectivity index (χ0v) is 19.2. The third-order valence-corrected chi connectivity index (χ3v) is 5.33. The maximum Gasteiger partial charge on any atom is 0.225 e. The highest BCUT2D eigenvalue weighted by Crippen LogP contribution is 2.28. The zero-order chi connectivity index (χ0) is 18.4. The molecule has 152 valence electrons. The van der Waals surface area contributed by atoms with Crippen LogP contribution in [0.25, 0.3) is 0 Å². The molecule has 0 atom stereocenters. The third kappa shape index (κ3) is 6.44. The quantitative estimate of drug-likeness (QED) is 0.297. The van der Waals surface area contributed by atoms with Gasteiger partial charge < -0.3 is 15.1 Å². The van der Waals surface area contributed by atoms with Crippen molar-refractivity contribution in [2.24, 2.45) is 10.4 Å². The van der Waals surface area contributed by atoms with Crippen LogP contribution in [0.2, 0.25) is 0 Å². The molecule has 0 aromatic carbocycles. The van der Waals surface area contributed by atoms with Crippen LogP contribution in [0.15, 0.2) is 23.5 Å². The van der Waals surface area contributed by atoms with Gasteiger partial charge in [-0.3, -0.25) is 9.89 Å². The van der Waals surface area contributed by atoms with Crippen molar-refractivity contribution in [3.8, 4) is 0 Å². The van der Waals surface area contributed by atoms with Gasteiger partial charge in [0.2, 0.25) is 5.95 Å². The Morgan fingerprint density at radius 3 is 2.44 bits per heavy atom. The summed E-state index contributed by atoms with van der Waals surface area (Å²) in [4.78, 5) is 20.3. The first-order chi connectivity index (χ1) is 12.6. The normalized spacial score (nSPS) is 20.5. The summed E-state index contributed by atoms with van der Waals surface area (Å²) in [5.41, 5.74) is 0.403. The van der Waals surface area contributed by atoms with E-state index in [9.17, 15) is 0 Å². The molecule has 0 aliphatic carbocycles. The number of rotatable bonds is 5. The number of guanidine groups is 1. The largest absolute Gasteiger partial charge is 0.356 e. The molecule has 3 heterocycles. The van der Waals surface area contributed by atoms with Gasteiger partial charge in [-0.25, -0.2) is 9.97 Å². The van der Waals surface area contributed by atoms with Crippen LogP contribution >= 0.6 is 24.0 Å². The van der Waals surface area contributed by atoms with Gasteiger partial charge in [0.05, 0.1) is 0 Å². The molecule has 0 spiro atoms. The van der Waals surface area contributed by atoms with Crippen molar-refractivity contribution in [2.45, 2.75) is 26.7 Å². The Bertz CT molecular complexity index is 585. The fourth-order valence-corrected chi connectivity index (χ4v) is 3.75. The molecule has 3 rings (SSSR count). The molecule has 1 N–H and O–H groups in total. The van der Waals surface area contributed by atoms with E-state index >= 15 is 0 Å². The molecule has 0 saturated carbocycles. The van der Waals surface area contributed by atoms with E-state index in [0.29, 0.717) is 5.41 Å². The molecule has 2 aliphatic rings. The zero-order valence-electron chi connectivity index (χ0n) is 16.9. The van der Waals surface area contributed by atoms with E-state index in [1.165, 1.54) is 6.42 Å². The lowest BCUT2D eigenvalue weighted by molar-refractivity contribution is 0.254. The molecule has 27 heavy (non-hydrogen) atoms. The molecular weight excluding hydrogens is 453 g/mol. The number of piperazine rings is 1. The first-order valence-electron chi connectivity index (χ1n) is 9.77. The summed E-state index contributed by atoms with van der Waals surface area (Å²) in [5.74, 6) is 1.91. The van der Waals surface area contributed by atoms with Gasteiger partial charge in [-0.15, -0.1) is 24.0 Å². The lowest BCUT2D eigenvalue weighted by Gasteiger charge is -2.34. The van der Waals surface area contributed by atoms with Gasteiger partial charge in [0.25, 0.3) is 0 Å². The van der Waals surface area contributed by atoms with Crippen LogP contribution in [0, 0.1) is 5.41 Å². The summed E-state index contributed by atoms with van der Waals surface area (Å²) in [7, 11) is 1.89. The predicted molar refractivity (Wildman–Crippen MR) is 122 cm³/mol. The second kappa shape index (κ2) is 10.4. The standard InChI is InChI=1S/C19H33N7.HI/c1-19(2)6-11-26(16-19)17(20-3)21-9-5-10-24-12-14-25(15-13-24)18-22-7-4-8-23-18;/h4,7-8H,5-6,9-16H2,1-3H3,(H,20,21);1H. The van der Waals surface area contributed by atoms with Crippen LogP contribution in [0.3, 0.4) is 0 Å². The summed E-state index contributed by atoms with van der Waals surface area (Å²) in [5, 5.41) is 3.54. The molecule has 2 aliphatic heterocycles. The molecular formula is C19H34IN7. The van der Waals surface area contributed by atoms with E-state index in [4.69, 9.17) is 0 Å². The van der Waals surface area contributed by atoms with E-state index in [2.05, 4.69) is 48.8 Å². The summed E-state index contributed by atoms with van der Waals surface area (Å²) in [6, 6.07) is 1.86. The number of aromatic nitrogens is 2. The summed E-state index contributed by atoms with van der Waals surface area (Å²) in [6.45, 7) is 13.1. The number of anilines is 1. The Kier molecular flexibility index (Phi) is 8.53. The third-order valence-electron chi connectivity index (χ3n) is 5.33. The molecule has 7 nitrogen and oxygen atoms in total. The van der Waals surface area contributed by atoms with Gasteiger partial charge in [0.15, 0.2) is 5.96 Å². The minimum Gasteiger partial charge on any atom is -0.356 e. The molecule has 0 radical (unpaired) electrons. The van der Waals surface area contributed by atoms with E-state index in [-0.39, 0.29) is 24.0 Å². The summed E-state index contributed by atoms with van der Waals surface area (Å²) in [6.07, 6.45) is 6.00. The number of hydrogen-bond donors (Lipinski definition) is 1. The second-order valence-electron chi connectivity index (χ2n) is 8.04. The van der Waals surface area contributed by atoms with E-state index < -0.39 is 0 Å². The van der Waals surface area contributed by atoms with Gasteiger partial charge in [-0.05, 0) is 30.9 Å². The van der Waals surface area contributed by atoms with Crippen molar-refractivity contribution in [1.82, 2.24) is 25.1 Å². The maximum atomic E-state index is 4.46. The first kappa shape index (κ1) is 22.1. The number of hydrogen-bond acceptors (Lipinski definition) is 5. The van der Waals surface area contributed by atoms with Crippen molar-refractivity contribution < 1.29 is 0 Å². The fraction of sp³-hybridized carbons (Fsp3) is 0.737. The van der Waals surface area contributed by atoms with Crippen molar-refractivity contribution in [3.63, 3.8) is 0 Å². The average molecular weight is 487 g/mol. The highest BCUT2D eigenvalue weighted by atomic mass is 127. The number of aliphatic imine (C=N–C) groups is 1. The Labute approximate surface area is 180 Å². The van der Waals surface area contributed by atoms with Crippen LogP contribution in [0.1, 0.15) is 26.7 Å². The van der Waals surface area contributed by atoms with E-state index in [1.54, 1.807) is 0 Å². The summed E-state index contributed by atoms with van der Waals surface area (Å²) < 4.78 is 0. The smallest absolute Gasteiger partial charge is 0.225 e. The molecule has 2 fully saturated rings. The van der Waals surface area contributed by atoms with Gasteiger partial charge in [-0.2, -0.15) is 0 Å². The van der Waals surface area contributed by atoms with Crippen LogP contribution < -0.4 is 10.2 Å². The van der Waals surface area contributed by atoms with Crippen LogP contribution in [-0.2, 0) is 0 Å².